The first-order valence-electron chi connectivity index (χ1n) is 7.62. The predicted octanol–water partition coefficient (Wildman–Crippen LogP) is 1.85. The monoisotopic (exact) mass is 348 g/mol. The Morgan fingerprint density at radius 2 is 1.68 bits per heavy atom. The fourth-order valence-electron chi connectivity index (χ4n) is 2.29. The van der Waals surface area contributed by atoms with Crippen molar-refractivity contribution in [1.29, 1.82) is 0 Å². The van der Waals surface area contributed by atoms with Gasteiger partial charge in [-0.05, 0) is 30.7 Å². The van der Waals surface area contributed by atoms with Crippen molar-refractivity contribution in [2.45, 2.75) is 13.0 Å². The van der Waals surface area contributed by atoms with Gasteiger partial charge in [0, 0.05) is 12.1 Å². The van der Waals surface area contributed by atoms with Crippen molar-refractivity contribution in [2.24, 2.45) is 0 Å². The lowest BCUT2D eigenvalue weighted by Crippen LogP contribution is -2.38. The van der Waals surface area contributed by atoms with E-state index in [0.717, 1.165) is 17.7 Å². The van der Waals surface area contributed by atoms with E-state index in [2.05, 4.69) is 10.6 Å². The van der Waals surface area contributed by atoms with E-state index in [1.807, 2.05) is 0 Å². The summed E-state index contributed by atoms with van der Waals surface area (Å²) >= 11 is 0. The van der Waals surface area contributed by atoms with Crippen LogP contribution in [0.5, 0.6) is 0 Å². The molecule has 0 radical (unpaired) electrons. The smallest absolute Gasteiger partial charge is 0.251 e. The zero-order chi connectivity index (χ0) is 18.4. The normalized spacial score (nSPS) is 11.7. The number of aliphatic hydroxyl groups excluding tert-OH is 1. The lowest BCUT2D eigenvalue weighted by molar-refractivity contribution is -0.120. The molecule has 2 rings (SSSR count). The molecule has 0 aromatic heterocycles. The summed E-state index contributed by atoms with van der Waals surface area (Å²) < 4.78 is 27.1. The van der Waals surface area contributed by atoms with E-state index >= 15 is 0 Å². The van der Waals surface area contributed by atoms with Crippen molar-refractivity contribution in [2.75, 3.05) is 13.1 Å². The molecule has 1 unspecified atom stereocenters. The van der Waals surface area contributed by atoms with Crippen LogP contribution in [0.2, 0.25) is 0 Å². The van der Waals surface area contributed by atoms with Crippen LogP contribution in [0.15, 0.2) is 42.5 Å². The van der Waals surface area contributed by atoms with Gasteiger partial charge in [0.25, 0.3) is 5.91 Å². The summed E-state index contributed by atoms with van der Waals surface area (Å²) in [6.07, 6.45) is -1.53. The van der Waals surface area contributed by atoms with Crippen molar-refractivity contribution in [3.8, 4) is 0 Å². The third-order valence-electron chi connectivity index (χ3n) is 3.62. The number of carbonyl (C=O) groups is 2. The van der Waals surface area contributed by atoms with Gasteiger partial charge in [-0.25, -0.2) is 8.78 Å². The lowest BCUT2D eigenvalue weighted by Gasteiger charge is -2.14. The van der Waals surface area contributed by atoms with E-state index in [4.69, 9.17) is 0 Å². The molecule has 7 heteroatoms. The first-order chi connectivity index (χ1) is 11.9. The first-order valence-corrected chi connectivity index (χ1v) is 7.62. The summed E-state index contributed by atoms with van der Waals surface area (Å²) in [4.78, 5) is 23.7. The highest BCUT2D eigenvalue weighted by atomic mass is 19.1. The van der Waals surface area contributed by atoms with Crippen molar-refractivity contribution in [3.63, 3.8) is 0 Å². The quantitative estimate of drug-likeness (QED) is 0.746. The second-order valence-corrected chi connectivity index (χ2v) is 5.45. The van der Waals surface area contributed by atoms with Crippen LogP contribution in [0.25, 0.3) is 0 Å². The van der Waals surface area contributed by atoms with Gasteiger partial charge in [-0.2, -0.15) is 0 Å². The second-order valence-electron chi connectivity index (χ2n) is 5.45. The molecule has 0 spiro atoms. The number of nitrogens with one attached hydrogen (secondary N) is 2. The molecule has 0 fully saturated rings. The van der Waals surface area contributed by atoms with Crippen LogP contribution in [0, 0.1) is 18.6 Å². The third-order valence-corrected chi connectivity index (χ3v) is 3.62. The maximum atomic E-state index is 13.5. The Balaban J connectivity index is 1.85. The van der Waals surface area contributed by atoms with Gasteiger partial charge >= 0.3 is 0 Å². The van der Waals surface area contributed by atoms with E-state index in [0.29, 0.717) is 5.56 Å². The SMILES string of the molecule is Cc1ccccc1C(=O)NCC(=O)NCC(O)c1c(F)cccc1F. The maximum Gasteiger partial charge on any atom is 0.251 e. The van der Waals surface area contributed by atoms with Crippen LogP contribution < -0.4 is 10.6 Å². The Hall–Kier alpha value is -2.80. The minimum Gasteiger partial charge on any atom is -0.386 e. The molecule has 5 nitrogen and oxygen atoms in total. The average Bonchev–Trinajstić information content (AvgIpc) is 2.58. The van der Waals surface area contributed by atoms with Crippen LogP contribution in [0.3, 0.4) is 0 Å². The summed E-state index contributed by atoms with van der Waals surface area (Å²) in [6.45, 7) is 1.07. The van der Waals surface area contributed by atoms with Crippen molar-refractivity contribution in [1.82, 2.24) is 10.6 Å². The number of rotatable bonds is 6. The molecule has 132 valence electrons. The van der Waals surface area contributed by atoms with E-state index in [9.17, 15) is 23.5 Å². The van der Waals surface area contributed by atoms with E-state index in [1.54, 1.807) is 31.2 Å². The van der Waals surface area contributed by atoms with Gasteiger partial charge in [-0.15, -0.1) is 0 Å². The zero-order valence-corrected chi connectivity index (χ0v) is 13.6. The minimum absolute atomic E-state index is 0.320. The highest BCUT2D eigenvalue weighted by molar-refractivity contribution is 5.97. The molecule has 2 aromatic rings. The number of benzene rings is 2. The van der Waals surface area contributed by atoms with Gasteiger partial charge < -0.3 is 15.7 Å². The Labute approximate surface area is 143 Å². The number of hydrogen-bond acceptors (Lipinski definition) is 3. The minimum atomic E-state index is -1.53. The molecule has 0 aliphatic heterocycles. The maximum absolute atomic E-state index is 13.5. The number of halogens is 2. The fraction of sp³-hybridized carbons (Fsp3) is 0.222. The summed E-state index contributed by atoms with van der Waals surface area (Å²) in [5.74, 6) is -2.78. The van der Waals surface area contributed by atoms with Crippen LogP contribution in [-0.4, -0.2) is 30.0 Å². The second kappa shape index (κ2) is 8.34. The number of aryl methyl sites for hydroxylation is 1. The Morgan fingerprint density at radius 1 is 1.04 bits per heavy atom. The van der Waals surface area contributed by atoms with Crippen molar-refractivity contribution in [3.05, 3.63) is 70.8 Å². The van der Waals surface area contributed by atoms with Gasteiger partial charge in [-0.3, -0.25) is 9.59 Å². The van der Waals surface area contributed by atoms with E-state index < -0.39 is 35.1 Å². The largest absolute Gasteiger partial charge is 0.386 e. The van der Waals surface area contributed by atoms with Crippen LogP contribution >= 0.6 is 0 Å². The molecule has 2 aromatic carbocycles. The molecule has 0 aliphatic carbocycles. The fourth-order valence-corrected chi connectivity index (χ4v) is 2.29. The van der Waals surface area contributed by atoms with Gasteiger partial charge in [0.1, 0.15) is 17.7 Å². The molecule has 25 heavy (non-hydrogen) atoms. The Kier molecular flexibility index (Phi) is 6.19. The van der Waals surface area contributed by atoms with Crippen LogP contribution in [0.1, 0.15) is 27.6 Å². The van der Waals surface area contributed by atoms with Crippen LogP contribution in [0.4, 0.5) is 8.78 Å². The number of hydrogen-bond donors (Lipinski definition) is 3. The summed E-state index contributed by atoms with van der Waals surface area (Å²) in [5, 5.41) is 14.6. The highest BCUT2D eigenvalue weighted by Gasteiger charge is 2.18. The van der Waals surface area contributed by atoms with Crippen molar-refractivity contribution < 1.29 is 23.5 Å². The first kappa shape index (κ1) is 18.5. The van der Waals surface area contributed by atoms with Crippen LogP contribution in [-0.2, 0) is 4.79 Å². The lowest BCUT2D eigenvalue weighted by atomic mass is 10.1. The summed E-state index contributed by atoms with van der Waals surface area (Å²) in [6, 6.07) is 10.1. The molecule has 0 saturated heterocycles. The number of carbonyl (C=O) groups excluding carboxylic acids is 2. The zero-order valence-electron chi connectivity index (χ0n) is 13.6. The van der Waals surface area contributed by atoms with Gasteiger partial charge in [0.2, 0.25) is 5.91 Å². The Morgan fingerprint density at radius 3 is 2.32 bits per heavy atom. The summed E-state index contributed by atoms with van der Waals surface area (Å²) in [7, 11) is 0. The van der Waals surface area contributed by atoms with Gasteiger partial charge in [0.15, 0.2) is 0 Å². The molecular formula is C18H18F2N2O3. The molecule has 2 amide bonds. The molecule has 0 bridgehead atoms. The third kappa shape index (κ3) is 4.84. The number of aliphatic hydroxyl groups is 1. The predicted molar refractivity (Wildman–Crippen MR) is 87.8 cm³/mol. The summed E-state index contributed by atoms with van der Waals surface area (Å²) in [5.41, 5.74) is 0.710. The molecule has 0 saturated carbocycles. The van der Waals surface area contributed by atoms with Crippen molar-refractivity contribution >= 4 is 11.8 Å². The molecular weight excluding hydrogens is 330 g/mol. The molecule has 0 heterocycles. The number of amides is 2. The van der Waals surface area contributed by atoms with E-state index in [1.165, 1.54) is 6.07 Å². The highest BCUT2D eigenvalue weighted by Crippen LogP contribution is 2.19. The topological polar surface area (TPSA) is 78.4 Å². The molecule has 1 atom stereocenters. The molecule has 3 N–H and O–H groups in total. The Bertz CT molecular complexity index is 760. The van der Waals surface area contributed by atoms with Gasteiger partial charge in [-0.1, -0.05) is 24.3 Å². The average molecular weight is 348 g/mol. The van der Waals surface area contributed by atoms with Gasteiger partial charge in [0.05, 0.1) is 12.1 Å². The molecule has 0 aliphatic rings. The standard InChI is InChI=1S/C18H18F2N2O3/c1-11-5-2-3-6-12(11)18(25)22-10-16(24)21-9-15(23)17-13(19)7-4-8-14(17)20/h2-8,15,23H,9-10H2,1H3,(H,21,24)(H,22,25). The van der Waals surface area contributed by atoms with E-state index in [-0.39, 0.29) is 13.1 Å².